The Labute approximate surface area is 144 Å². The third kappa shape index (κ3) is 5.60. The van der Waals surface area contributed by atoms with E-state index < -0.39 is 0 Å². The zero-order valence-corrected chi connectivity index (χ0v) is 16.0. The zero-order chi connectivity index (χ0) is 16.8. The molecule has 2 rings (SSSR count). The Morgan fingerprint density at radius 1 is 1.13 bits per heavy atom. The maximum atomic E-state index is 6.14. The average molecular weight is 323 g/mol. The molecule has 2 nitrogen and oxygen atoms in total. The molecule has 0 saturated heterocycles. The Kier molecular flexibility index (Phi) is 7.62. The smallest absolute Gasteiger partial charge is 0.155 e. The fourth-order valence-corrected chi connectivity index (χ4v) is 4.79. The summed E-state index contributed by atoms with van der Waals surface area (Å²) in [6.45, 7) is 12.1. The third-order valence-electron chi connectivity index (χ3n) is 5.95. The zero-order valence-electron chi connectivity index (χ0n) is 16.0. The highest BCUT2D eigenvalue weighted by Crippen LogP contribution is 2.44. The molecule has 0 aromatic heterocycles. The normalized spacial score (nSPS) is 33.6. The first-order chi connectivity index (χ1) is 11.0. The summed E-state index contributed by atoms with van der Waals surface area (Å²) in [7, 11) is 0. The standard InChI is InChI=1S/C21H38O2/c1-6-20-18(12-15(2)3)13-16(4)21(20)14-22-17(5)23-19-10-8-7-9-11-19/h12,16-21H,6-11,13-14H2,1-5H3. The monoisotopic (exact) mass is 322 g/mol. The number of rotatable bonds is 7. The summed E-state index contributed by atoms with van der Waals surface area (Å²) < 4.78 is 12.3. The van der Waals surface area contributed by atoms with E-state index >= 15 is 0 Å². The topological polar surface area (TPSA) is 18.5 Å². The minimum atomic E-state index is -0.0506. The Hall–Kier alpha value is -0.340. The van der Waals surface area contributed by atoms with E-state index in [1.165, 1.54) is 50.5 Å². The highest BCUT2D eigenvalue weighted by Gasteiger charge is 2.39. The molecule has 0 spiro atoms. The van der Waals surface area contributed by atoms with Crippen molar-refractivity contribution in [1.82, 2.24) is 0 Å². The summed E-state index contributed by atoms with van der Waals surface area (Å²) in [5.41, 5.74) is 1.45. The fourth-order valence-electron chi connectivity index (χ4n) is 4.79. The van der Waals surface area contributed by atoms with Crippen molar-refractivity contribution in [3.8, 4) is 0 Å². The highest BCUT2D eigenvalue weighted by atomic mass is 16.7. The van der Waals surface area contributed by atoms with Crippen molar-refractivity contribution < 1.29 is 9.47 Å². The van der Waals surface area contributed by atoms with Gasteiger partial charge in [-0.25, -0.2) is 0 Å². The first kappa shape index (κ1) is 19.0. The van der Waals surface area contributed by atoms with Crippen molar-refractivity contribution in [2.24, 2.45) is 23.7 Å². The maximum absolute atomic E-state index is 6.14. The van der Waals surface area contributed by atoms with Crippen LogP contribution in [0.5, 0.6) is 0 Å². The predicted molar refractivity (Wildman–Crippen MR) is 97.3 cm³/mol. The lowest BCUT2D eigenvalue weighted by molar-refractivity contribution is -0.175. The number of ether oxygens (including phenoxy) is 2. The van der Waals surface area contributed by atoms with Crippen LogP contribution < -0.4 is 0 Å². The second-order valence-corrected chi connectivity index (χ2v) is 8.15. The lowest BCUT2D eigenvalue weighted by Crippen LogP contribution is -2.28. The minimum Gasteiger partial charge on any atom is -0.353 e. The number of allylic oxidation sites excluding steroid dienone is 2. The fraction of sp³-hybridized carbons (Fsp3) is 0.905. The van der Waals surface area contributed by atoms with Gasteiger partial charge in [0.05, 0.1) is 12.7 Å². The molecule has 2 fully saturated rings. The third-order valence-corrected chi connectivity index (χ3v) is 5.95. The van der Waals surface area contributed by atoms with Crippen LogP contribution in [0.15, 0.2) is 11.6 Å². The molecular weight excluding hydrogens is 284 g/mol. The van der Waals surface area contributed by atoms with Crippen LogP contribution in [0.25, 0.3) is 0 Å². The first-order valence-corrected chi connectivity index (χ1v) is 9.93. The molecule has 2 aliphatic rings. The Balaban J connectivity index is 1.82. The highest BCUT2D eigenvalue weighted by molar-refractivity contribution is 5.04. The van der Waals surface area contributed by atoms with Crippen LogP contribution in [-0.4, -0.2) is 19.0 Å². The van der Waals surface area contributed by atoms with Crippen molar-refractivity contribution >= 4 is 0 Å². The summed E-state index contributed by atoms with van der Waals surface area (Å²) in [4.78, 5) is 0. The van der Waals surface area contributed by atoms with E-state index in [1.54, 1.807) is 0 Å². The SMILES string of the molecule is CCC1C(C=C(C)C)CC(C)C1COC(C)OC1CCCCC1. The summed E-state index contributed by atoms with van der Waals surface area (Å²) in [6, 6.07) is 0. The van der Waals surface area contributed by atoms with Gasteiger partial charge in [-0.15, -0.1) is 0 Å². The second-order valence-electron chi connectivity index (χ2n) is 8.15. The van der Waals surface area contributed by atoms with Gasteiger partial charge in [0.2, 0.25) is 0 Å². The van der Waals surface area contributed by atoms with Crippen molar-refractivity contribution in [2.45, 2.75) is 92.0 Å². The molecule has 2 aliphatic carbocycles. The van der Waals surface area contributed by atoms with Gasteiger partial charge in [0, 0.05) is 0 Å². The van der Waals surface area contributed by atoms with Crippen molar-refractivity contribution in [3.05, 3.63) is 11.6 Å². The van der Waals surface area contributed by atoms with E-state index in [1.807, 2.05) is 0 Å². The van der Waals surface area contributed by atoms with Crippen LogP contribution in [0.3, 0.4) is 0 Å². The molecule has 0 amide bonds. The lowest BCUT2D eigenvalue weighted by atomic mass is 9.85. The van der Waals surface area contributed by atoms with E-state index in [0.717, 1.165) is 24.4 Å². The Morgan fingerprint density at radius 3 is 2.43 bits per heavy atom. The lowest BCUT2D eigenvalue weighted by Gasteiger charge is -2.29. The van der Waals surface area contributed by atoms with Crippen LogP contribution in [0, 0.1) is 23.7 Å². The molecule has 0 aliphatic heterocycles. The van der Waals surface area contributed by atoms with Crippen molar-refractivity contribution in [2.75, 3.05) is 6.61 Å². The van der Waals surface area contributed by atoms with E-state index in [0.29, 0.717) is 12.0 Å². The van der Waals surface area contributed by atoms with Gasteiger partial charge in [0.1, 0.15) is 0 Å². The quantitative estimate of drug-likeness (QED) is 0.425. The summed E-state index contributed by atoms with van der Waals surface area (Å²) >= 11 is 0. The van der Waals surface area contributed by atoms with Crippen molar-refractivity contribution in [3.63, 3.8) is 0 Å². The van der Waals surface area contributed by atoms with E-state index in [4.69, 9.17) is 9.47 Å². The molecule has 134 valence electrons. The molecule has 0 bridgehead atoms. The first-order valence-electron chi connectivity index (χ1n) is 9.93. The average Bonchev–Trinajstić information content (AvgIpc) is 2.80. The Morgan fingerprint density at radius 2 is 1.83 bits per heavy atom. The Bertz CT molecular complexity index is 366. The summed E-state index contributed by atoms with van der Waals surface area (Å²) in [5, 5.41) is 0. The summed E-state index contributed by atoms with van der Waals surface area (Å²) in [5.74, 6) is 2.94. The summed E-state index contributed by atoms with van der Waals surface area (Å²) in [6.07, 6.45) is 11.9. The van der Waals surface area contributed by atoms with Crippen LogP contribution in [0.2, 0.25) is 0 Å². The van der Waals surface area contributed by atoms with Gasteiger partial charge in [0.15, 0.2) is 6.29 Å². The van der Waals surface area contributed by atoms with E-state index in [9.17, 15) is 0 Å². The molecule has 2 saturated carbocycles. The van der Waals surface area contributed by atoms with E-state index in [2.05, 4.69) is 40.7 Å². The minimum absolute atomic E-state index is 0.0506. The van der Waals surface area contributed by atoms with Gasteiger partial charge in [-0.05, 0) is 63.7 Å². The van der Waals surface area contributed by atoms with Gasteiger partial charge in [-0.1, -0.05) is 51.2 Å². The van der Waals surface area contributed by atoms with Gasteiger partial charge in [-0.2, -0.15) is 0 Å². The van der Waals surface area contributed by atoms with Gasteiger partial charge >= 0.3 is 0 Å². The molecule has 0 heterocycles. The molecule has 0 N–H and O–H groups in total. The molecule has 5 unspecified atom stereocenters. The predicted octanol–water partition coefficient (Wildman–Crippen LogP) is 5.96. The largest absolute Gasteiger partial charge is 0.353 e. The van der Waals surface area contributed by atoms with Crippen LogP contribution >= 0.6 is 0 Å². The molecule has 2 heteroatoms. The number of hydrogen-bond acceptors (Lipinski definition) is 2. The van der Waals surface area contributed by atoms with Gasteiger partial charge < -0.3 is 9.47 Å². The molecule has 23 heavy (non-hydrogen) atoms. The molecule has 0 radical (unpaired) electrons. The van der Waals surface area contributed by atoms with Gasteiger partial charge in [-0.3, -0.25) is 0 Å². The molecule has 0 aromatic rings. The van der Waals surface area contributed by atoms with Crippen LogP contribution in [0.1, 0.15) is 79.6 Å². The second kappa shape index (κ2) is 9.22. The molecule has 5 atom stereocenters. The maximum Gasteiger partial charge on any atom is 0.155 e. The van der Waals surface area contributed by atoms with E-state index in [-0.39, 0.29) is 6.29 Å². The van der Waals surface area contributed by atoms with Crippen LogP contribution in [0.4, 0.5) is 0 Å². The molecular formula is C21H38O2. The number of hydrogen-bond donors (Lipinski definition) is 0. The van der Waals surface area contributed by atoms with Gasteiger partial charge in [0.25, 0.3) is 0 Å². The van der Waals surface area contributed by atoms with Crippen LogP contribution in [-0.2, 0) is 9.47 Å². The molecule has 0 aromatic carbocycles. The van der Waals surface area contributed by atoms with Crippen molar-refractivity contribution in [1.29, 1.82) is 0 Å².